The van der Waals surface area contributed by atoms with Crippen LogP contribution in [0.5, 0.6) is 0 Å². The van der Waals surface area contributed by atoms with E-state index in [1.807, 2.05) is 6.92 Å². The largest absolute Gasteiger partial charge is 0.480 e. The molecule has 2 atom stereocenters. The summed E-state index contributed by atoms with van der Waals surface area (Å²) in [5.41, 5.74) is -0.823. The molecule has 0 aliphatic carbocycles. The van der Waals surface area contributed by atoms with E-state index in [0.717, 1.165) is 45.6 Å². The smallest absolute Gasteiger partial charge is 0.323 e. The highest BCUT2D eigenvalue weighted by Gasteiger charge is 2.33. The van der Waals surface area contributed by atoms with Crippen LogP contribution < -0.4 is 5.32 Å². The molecule has 0 amide bonds. The van der Waals surface area contributed by atoms with Crippen molar-refractivity contribution in [3.8, 4) is 0 Å². The van der Waals surface area contributed by atoms with Crippen molar-refractivity contribution in [2.45, 2.75) is 51.7 Å². The second kappa shape index (κ2) is 7.82. The van der Waals surface area contributed by atoms with Crippen LogP contribution in [0.4, 0.5) is 0 Å². The number of carboxylic acids is 1. The van der Waals surface area contributed by atoms with Gasteiger partial charge in [0.25, 0.3) is 0 Å². The predicted molar refractivity (Wildman–Crippen MR) is 75.4 cm³/mol. The molecule has 1 rings (SSSR count). The molecule has 0 aromatic heterocycles. The van der Waals surface area contributed by atoms with Gasteiger partial charge in [0.15, 0.2) is 0 Å². The molecule has 112 valence electrons. The van der Waals surface area contributed by atoms with Crippen molar-refractivity contribution in [2.75, 3.05) is 32.8 Å². The Kier molecular flexibility index (Phi) is 6.75. The van der Waals surface area contributed by atoms with E-state index in [-0.39, 0.29) is 0 Å². The number of carbonyl (C=O) groups is 1. The fraction of sp³-hybridized carbons (Fsp3) is 0.929. The number of morpholine rings is 1. The van der Waals surface area contributed by atoms with Gasteiger partial charge in [0, 0.05) is 19.6 Å². The SMILES string of the molecule is CCCNC(C)(CCN1CCOC(CC)C1)C(=O)O. The number of rotatable bonds is 8. The number of aliphatic carboxylic acids is 1. The highest BCUT2D eigenvalue weighted by atomic mass is 16.5. The van der Waals surface area contributed by atoms with Crippen LogP contribution in [-0.2, 0) is 9.53 Å². The third kappa shape index (κ3) is 5.09. The highest BCUT2D eigenvalue weighted by Crippen LogP contribution is 2.14. The third-order valence-corrected chi connectivity index (χ3v) is 3.84. The minimum Gasteiger partial charge on any atom is -0.480 e. The normalized spacial score (nSPS) is 24.1. The molecule has 0 bridgehead atoms. The van der Waals surface area contributed by atoms with E-state index >= 15 is 0 Å². The summed E-state index contributed by atoms with van der Waals surface area (Å²) in [6.45, 7) is 10.1. The first-order chi connectivity index (χ1) is 9.01. The van der Waals surface area contributed by atoms with Crippen molar-refractivity contribution >= 4 is 5.97 Å². The van der Waals surface area contributed by atoms with Crippen molar-refractivity contribution in [1.29, 1.82) is 0 Å². The Bertz CT molecular complexity index is 286. The van der Waals surface area contributed by atoms with E-state index in [1.165, 1.54) is 0 Å². The molecule has 1 saturated heterocycles. The van der Waals surface area contributed by atoms with Crippen LogP contribution in [0.3, 0.4) is 0 Å². The maximum absolute atomic E-state index is 11.4. The first-order valence-electron chi connectivity index (χ1n) is 7.34. The lowest BCUT2D eigenvalue weighted by molar-refractivity contribution is -0.144. The van der Waals surface area contributed by atoms with Crippen LogP contribution in [0, 0.1) is 0 Å². The Balaban J connectivity index is 2.44. The first kappa shape index (κ1) is 16.4. The molecule has 2 N–H and O–H groups in total. The number of carboxylic acid groups (broad SMARTS) is 1. The van der Waals surface area contributed by atoms with Crippen LogP contribution in [0.2, 0.25) is 0 Å². The molecule has 5 heteroatoms. The van der Waals surface area contributed by atoms with Crippen LogP contribution >= 0.6 is 0 Å². The van der Waals surface area contributed by atoms with E-state index in [4.69, 9.17) is 4.74 Å². The lowest BCUT2D eigenvalue weighted by atomic mass is 9.97. The van der Waals surface area contributed by atoms with Gasteiger partial charge < -0.3 is 15.2 Å². The Morgan fingerprint density at radius 1 is 1.53 bits per heavy atom. The van der Waals surface area contributed by atoms with Crippen molar-refractivity contribution in [3.63, 3.8) is 0 Å². The minimum atomic E-state index is -0.823. The summed E-state index contributed by atoms with van der Waals surface area (Å²) in [6.07, 6.45) is 2.88. The molecule has 19 heavy (non-hydrogen) atoms. The highest BCUT2D eigenvalue weighted by molar-refractivity contribution is 5.78. The van der Waals surface area contributed by atoms with E-state index in [1.54, 1.807) is 6.92 Å². The lowest BCUT2D eigenvalue weighted by Gasteiger charge is -2.35. The Labute approximate surface area is 116 Å². The first-order valence-corrected chi connectivity index (χ1v) is 7.34. The van der Waals surface area contributed by atoms with Gasteiger partial charge in [-0.3, -0.25) is 9.69 Å². The van der Waals surface area contributed by atoms with Gasteiger partial charge in [-0.25, -0.2) is 0 Å². The van der Waals surface area contributed by atoms with Gasteiger partial charge in [-0.2, -0.15) is 0 Å². The van der Waals surface area contributed by atoms with Gasteiger partial charge >= 0.3 is 5.97 Å². The molecule has 1 heterocycles. The van der Waals surface area contributed by atoms with Gasteiger partial charge in [0.1, 0.15) is 5.54 Å². The second-order valence-electron chi connectivity index (χ2n) is 5.52. The van der Waals surface area contributed by atoms with Crippen LogP contribution in [0.15, 0.2) is 0 Å². The maximum Gasteiger partial charge on any atom is 0.323 e. The summed E-state index contributed by atoms with van der Waals surface area (Å²) in [7, 11) is 0. The zero-order chi connectivity index (χ0) is 14.3. The minimum absolute atomic E-state index is 0.299. The second-order valence-corrected chi connectivity index (χ2v) is 5.52. The molecular formula is C14H28N2O3. The Morgan fingerprint density at radius 2 is 2.26 bits per heavy atom. The van der Waals surface area contributed by atoms with Gasteiger partial charge in [-0.1, -0.05) is 13.8 Å². The number of hydrogen-bond donors (Lipinski definition) is 2. The summed E-state index contributed by atoms with van der Waals surface area (Å²) in [6, 6.07) is 0. The summed E-state index contributed by atoms with van der Waals surface area (Å²) in [5.74, 6) is -0.763. The van der Waals surface area contributed by atoms with Crippen molar-refractivity contribution in [1.82, 2.24) is 10.2 Å². The molecule has 0 radical (unpaired) electrons. The Morgan fingerprint density at radius 3 is 2.84 bits per heavy atom. The molecule has 0 spiro atoms. The monoisotopic (exact) mass is 272 g/mol. The van der Waals surface area contributed by atoms with Crippen molar-refractivity contribution < 1.29 is 14.6 Å². The zero-order valence-corrected chi connectivity index (χ0v) is 12.4. The topological polar surface area (TPSA) is 61.8 Å². The average Bonchev–Trinajstić information content (AvgIpc) is 2.43. The van der Waals surface area contributed by atoms with Crippen LogP contribution in [0.1, 0.15) is 40.0 Å². The van der Waals surface area contributed by atoms with E-state index in [0.29, 0.717) is 12.5 Å². The molecule has 1 aliphatic rings. The molecular weight excluding hydrogens is 244 g/mol. The van der Waals surface area contributed by atoms with Crippen LogP contribution in [-0.4, -0.2) is 60.4 Å². The van der Waals surface area contributed by atoms with Crippen molar-refractivity contribution in [3.05, 3.63) is 0 Å². The Hall–Kier alpha value is -0.650. The number of hydrogen-bond acceptors (Lipinski definition) is 4. The quantitative estimate of drug-likeness (QED) is 0.698. The molecule has 2 unspecified atom stereocenters. The number of nitrogens with one attached hydrogen (secondary N) is 1. The fourth-order valence-corrected chi connectivity index (χ4v) is 2.28. The van der Waals surface area contributed by atoms with Gasteiger partial charge in [0.05, 0.1) is 12.7 Å². The standard InChI is InChI=1S/C14H28N2O3/c1-4-7-15-14(3,13(17)18)6-8-16-9-10-19-12(5-2)11-16/h12,15H,4-11H2,1-3H3,(H,17,18). The number of ether oxygens (including phenoxy) is 1. The third-order valence-electron chi connectivity index (χ3n) is 3.84. The molecule has 1 fully saturated rings. The van der Waals surface area contributed by atoms with Gasteiger partial charge in [0.2, 0.25) is 0 Å². The van der Waals surface area contributed by atoms with Crippen LogP contribution in [0.25, 0.3) is 0 Å². The average molecular weight is 272 g/mol. The lowest BCUT2D eigenvalue weighted by Crippen LogP contribution is -2.53. The van der Waals surface area contributed by atoms with E-state index in [2.05, 4.69) is 17.1 Å². The maximum atomic E-state index is 11.4. The van der Waals surface area contributed by atoms with Gasteiger partial charge in [-0.15, -0.1) is 0 Å². The van der Waals surface area contributed by atoms with Gasteiger partial charge in [-0.05, 0) is 32.7 Å². The van der Waals surface area contributed by atoms with E-state index in [9.17, 15) is 9.90 Å². The summed E-state index contributed by atoms with van der Waals surface area (Å²) in [5, 5.41) is 12.5. The summed E-state index contributed by atoms with van der Waals surface area (Å²) >= 11 is 0. The summed E-state index contributed by atoms with van der Waals surface area (Å²) in [4.78, 5) is 13.7. The molecule has 1 aliphatic heterocycles. The van der Waals surface area contributed by atoms with E-state index < -0.39 is 11.5 Å². The number of nitrogens with zero attached hydrogens (tertiary/aromatic N) is 1. The van der Waals surface area contributed by atoms with Crippen molar-refractivity contribution in [2.24, 2.45) is 0 Å². The predicted octanol–water partition coefficient (Wildman–Crippen LogP) is 1.33. The zero-order valence-electron chi connectivity index (χ0n) is 12.4. The molecule has 0 aromatic rings. The fourth-order valence-electron chi connectivity index (χ4n) is 2.28. The molecule has 0 aromatic carbocycles. The summed E-state index contributed by atoms with van der Waals surface area (Å²) < 4.78 is 5.63. The molecule has 0 saturated carbocycles. The molecule has 5 nitrogen and oxygen atoms in total.